The molecule has 2 rings (SSSR count). The van der Waals surface area contributed by atoms with Crippen LogP contribution in [0.2, 0.25) is 10.0 Å². The van der Waals surface area contributed by atoms with Gasteiger partial charge in [-0.25, -0.2) is 12.8 Å². The Morgan fingerprint density at radius 3 is 2.15 bits per heavy atom. The number of halogens is 3. The predicted molar refractivity (Wildman–Crippen MR) is 128 cm³/mol. The lowest BCUT2D eigenvalue weighted by Gasteiger charge is -2.32. The normalized spacial score (nSPS) is 12.4. The van der Waals surface area contributed by atoms with Gasteiger partial charge in [0.05, 0.1) is 22.0 Å². The van der Waals surface area contributed by atoms with E-state index in [4.69, 9.17) is 23.2 Å². The van der Waals surface area contributed by atoms with Crippen molar-refractivity contribution in [3.63, 3.8) is 0 Å². The van der Waals surface area contributed by atoms with Gasteiger partial charge in [-0.15, -0.1) is 0 Å². The minimum Gasteiger partial charge on any atom is -0.352 e. The lowest BCUT2D eigenvalue weighted by atomic mass is 10.1. The van der Waals surface area contributed by atoms with Crippen molar-refractivity contribution in [2.24, 2.45) is 0 Å². The lowest BCUT2D eigenvalue weighted by molar-refractivity contribution is -0.139. The van der Waals surface area contributed by atoms with Crippen molar-refractivity contribution in [3.05, 3.63) is 63.9 Å². The molecule has 0 aliphatic heterocycles. The molecule has 7 nitrogen and oxygen atoms in total. The first-order valence-corrected chi connectivity index (χ1v) is 12.7. The fourth-order valence-corrected chi connectivity index (χ4v) is 4.16. The molecule has 0 saturated carbocycles. The van der Waals surface area contributed by atoms with Crippen molar-refractivity contribution in [2.45, 2.75) is 39.4 Å². The molecule has 1 N–H and O–H groups in total. The van der Waals surface area contributed by atoms with Crippen molar-refractivity contribution in [1.29, 1.82) is 0 Å². The van der Waals surface area contributed by atoms with Crippen LogP contribution in [0.1, 0.15) is 26.3 Å². The number of hydrogen-bond donors (Lipinski definition) is 1. The smallest absolute Gasteiger partial charge is 0.244 e. The molecular formula is C22H26Cl2FN3O4S. The van der Waals surface area contributed by atoms with Gasteiger partial charge in [-0.3, -0.25) is 13.9 Å². The van der Waals surface area contributed by atoms with Gasteiger partial charge in [-0.05, 0) is 56.7 Å². The summed E-state index contributed by atoms with van der Waals surface area (Å²) in [5.41, 5.74) is 0.732. The van der Waals surface area contributed by atoms with Crippen molar-refractivity contribution >= 4 is 50.7 Å². The Labute approximate surface area is 203 Å². The van der Waals surface area contributed by atoms with Crippen LogP contribution in [0, 0.1) is 5.82 Å². The minimum atomic E-state index is -3.89. The summed E-state index contributed by atoms with van der Waals surface area (Å²) < 4.78 is 39.2. The summed E-state index contributed by atoms with van der Waals surface area (Å²) in [5, 5.41) is 3.11. The molecular weight excluding hydrogens is 492 g/mol. The van der Waals surface area contributed by atoms with E-state index >= 15 is 0 Å². The number of sulfonamides is 1. The van der Waals surface area contributed by atoms with E-state index in [9.17, 15) is 22.4 Å². The maximum atomic E-state index is 13.3. The van der Waals surface area contributed by atoms with Crippen LogP contribution >= 0.6 is 23.2 Å². The molecule has 0 fully saturated rings. The molecule has 1 atom stereocenters. The van der Waals surface area contributed by atoms with Gasteiger partial charge in [-0.2, -0.15) is 0 Å². The number of amides is 2. The number of nitrogens with one attached hydrogen (secondary N) is 1. The van der Waals surface area contributed by atoms with E-state index in [0.717, 1.165) is 10.6 Å². The van der Waals surface area contributed by atoms with Crippen LogP contribution in [0.3, 0.4) is 0 Å². The zero-order valence-corrected chi connectivity index (χ0v) is 21.0. The molecule has 0 saturated heterocycles. The molecule has 33 heavy (non-hydrogen) atoms. The minimum absolute atomic E-state index is 0.0230. The number of benzene rings is 2. The van der Waals surface area contributed by atoms with Crippen LogP contribution in [-0.2, 0) is 26.2 Å². The van der Waals surface area contributed by atoms with E-state index in [2.05, 4.69) is 5.32 Å². The Morgan fingerprint density at radius 1 is 1.03 bits per heavy atom. The number of carbonyl (C=O) groups excluding carboxylic acids is 2. The van der Waals surface area contributed by atoms with Gasteiger partial charge in [0.15, 0.2) is 0 Å². The summed E-state index contributed by atoms with van der Waals surface area (Å²) >= 11 is 12.0. The monoisotopic (exact) mass is 517 g/mol. The number of anilines is 1. The first-order chi connectivity index (χ1) is 15.3. The predicted octanol–water partition coefficient (Wildman–Crippen LogP) is 3.84. The van der Waals surface area contributed by atoms with Crippen molar-refractivity contribution in [3.8, 4) is 0 Å². The van der Waals surface area contributed by atoms with E-state index < -0.39 is 40.2 Å². The fraction of sp³-hybridized carbons (Fsp3) is 0.364. The second-order valence-corrected chi connectivity index (χ2v) is 10.6. The second kappa shape index (κ2) is 11.2. The van der Waals surface area contributed by atoms with Crippen LogP contribution in [0.4, 0.5) is 10.1 Å². The topological polar surface area (TPSA) is 86.8 Å². The Bertz CT molecular complexity index is 1110. The summed E-state index contributed by atoms with van der Waals surface area (Å²) in [5.74, 6) is -1.46. The third-order valence-electron chi connectivity index (χ3n) is 4.73. The van der Waals surface area contributed by atoms with E-state index in [1.807, 2.05) is 0 Å². The molecule has 0 spiro atoms. The highest BCUT2D eigenvalue weighted by molar-refractivity contribution is 7.92. The highest BCUT2D eigenvalue weighted by atomic mass is 35.5. The number of rotatable bonds is 9. The van der Waals surface area contributed by atoms with Crippen LogP contribution < -0.4 is 9.62 Å². The average Bonchev–Trinajstić information content (AvgIpc) is 2.71. The van der Waals surface area contributed by atoms with Crippen molar-refractivity contribution in [2.75, 3.05) is 17.1 Å². The van der Waals surface area contributed by atoms with Crippen LogP contribution in [0.5, 0.6) is 0 Å². The van der Waals surface area contributed by atoms with E-state index in [0.29, 0.717) is 5.56 Å². The maximum absolute atomic E-state index is 13.3. The first-order valence-electron chi connectivity index (χ1n) is 10.1. The maximum Gasteiger partial charge on any atom is 0.244 e. The number of hydrogen-bond acceptors (Lipinski definition) is 4. The Morgan fingerprint density at radius 2 is 1.64 bits per heavy atom. The molecule has 0 aliphatic carbocycles. The molecule has 0 unspecified atom stereocenters. The summed E-state index contributed by atoms with van der Waals surface area (Å²) in [6, 6.07) is 8.61. The Hall–Kier alpha value is -2.36. The highest BCUT2D eigenvalue weighted by Crippen LogP contribution is 2.28. The molecule has 0 aliphatic rings. The molecule has 2 amide bonds. The van der Waals surface area contributed by atoms with Crippen LogP contribution in [0.25, 0.3) is 0 Å². The molecule has 0 bridgehead atoms. The van der Waals surface area contributed by atoms with E-state index in [1.165, 1.54) is 47.4 Å². The number of nitrogens with zero attached hydrogens (tertiary/aromatic N) is 2. The highest BCUT2D eigenvalue weighted by Gasteiger charge is 2.30. The third kappa shape index (κ3) is 7.58. The number of carbonyl (C=O) groups is 2. The van der Waals surface area contributed by atoms with Gasteiger partial charge in [0.25, 0.3) is 0 Å². The third-order valence-corrected chi connectivity index (χ3v) is 6.61. The van der Waals surface area contributed by atoms with Crippen molar-refractivity contribution in [1.82, 2.24) is 10.2 Å². The zero-order valence-electron chi connectivity index (χ0n) is 18.7. The van der Waals surface area contributed by atoms with Crippen LogP contribution in [0.15, 0.2) is 42.5 Å². The summed E-state index contributed by atoms with van der Waals surface area (Å²) in [6.45, 7) is 4.52. The van der Waals surface area contributed by atoms with E-state index in [1.54, 1.807) is 20.8 Å². The van der Waals surface area contributed by atoms with E-state index in [-0.39, 0.29) is 28.3 Å². The summed E-state index contributed by atoms with van der Waals surface area (Å²) in [4.78, 5) is 27.2. The van der Waals surface area contributed by atoms with Crippen molar-refractivity contribution < 1.29 is 22.4 Å². The standard InChI is InChI=1S/C22H26Cl2FN3O4S/c1-14(2)26-22(30)15(3)27(12-16-5-7-17(25)8-6-16)21(29)13-28(33(4,31)32)18-9-10-19(23)20(24)11-18/h5-11,14-15H,12-13H2,1-4H3,(H,26,30)/t15-/m0/s1. The Balaban J connectivity index is 2.40. The molecule has 11 heteroatoms. The second-order valence-electron chi connectivity index (χ2n) is 7.86. The van der Waals surface area contributed by atoms with Gasteiger partial charge in [0.1, 0.15) is 18.4 Å². The molecule has 180 valence electrons. The van der Waals surface area contributed by atoms with Gasteiger partial charge in [0.2, 0.25) is 21.8 Å². The SMILES string of the molecule is CC(C)NC(=O)[C@H](C)N(Cc1ccc(F)cc1)C(=O)CN(c1ccc(Cl)c(Cl)c1)S(C)(=O)=O. The molecule has 0 heterocycles. The zero-order chi connectivity index (χ0) is 24.9. The first kappa shape index (κ1) is 26.9. The van der Waals surface area contributed by atoms with Gasteiger partial charge < -0.3 is 10.2 Å². The van der Waals surface area contributed by atoms with Gasteiger partial charge in [-0.1, -0.05) is 35.3 Å². The quantitative estimate of drug-likeness (QED) is 0.547. The summed E-state index contributed by atoms with van der Waals surface area (Å²) in [7, 11) is -3.89. The largest absolute Gasteiger partial charge is 0.352 e. The molecule has 2 aromatic carbocycles. The Kier molecular flexibility index (Phi) is 9.11. The molecule has 0 aromatic heterocycles. The molecule has 0 radical (unpaired) electrons. The fourth-order valence-electron chi connectivity index (χ4n) is 3.03. The average molecular weight is 518 g/mol. The van der Waals surface area contributed by atoms with Gasteiger partial charge >= 0.3 is 0 Å². The lowest BCUT2D eigenvalue weighted by Crippen LogP contribution is -2.52. The molecule has 2 aromatic rings. The van der Waals surface area contributed by atoms with Gasteiger partial charge in [0, 0.05) is 12.6 Å². The van der Waals surface area contributed by atoms with Crippen LogP contribution in [-0.4, -0.2) is 50.0 Å². The summed E-state index contributed by atoms with van der Waals surface area (Å²) in [6.07, 6.45) is 0.960.